The van der Waals surface area contributed by atoms with Crippen molar-refractivity contribution in [2.75, 3.05) is 0 Å². The highest BCUT2D eigenvalue weighted by molar-refractivity contribution is 6.18. The molecule has 0 spiro atoms. The summed E-state index contributed by atoms with van der Waals surface area (Å²) < 4.78 is 5.36. The number of fused-ring (bicyclic) bond motifs is 1. The van der Waals surface area contributed by atoms with Crippen LogP contribution in [0.4, 0.5) is 0 Å². The topological polar surface area (TPSA) is 29.5 Å². The lowest BCUT2D eigenvalue weighted by Gasteiger charge is -2.12. The second kappa shape index (κ2) is 6.84. The van der Waals surface area contributed by atoms with Crippen LogP contribution < -0.4 is 4.65 Å². The Morgan fingerprint density at radius 2 is 1.28 bits per heavy atom. The second-order valence-electron chi connectivity index (χ2n) is 5.88. The minimum atomic E-state index is -0.327. The van der Waals surface area contributed by atoms with E-state index in [0.29, 0.717) is 5.75 Å². The molecule has 4 rings (SSSR count). The van der Waals surface area contributed by atoms with Crippen LogP contribution in [-0.2, 0) is 0 Å². The minimum absolute atomic E-state index is 0.327. The van der Waals surface area contributed by atoms with Gasteiger partial charge in [-0.2, -0.15) is 0 Å². The highest BCUT2D eigenvalue weighted by Crippen LogP contribution is 2.35. The number of benzene rings is 4. The molecule has 25 heavy (non-hydrogen) atoms. The molecule has 4 aromatic rings. The van der Waals surface area contributed by atoms with E-state index in [-0.39, 0.29) is 7.69 Å². The monoisotopic (exact) mass is 324 g/mol. The molecule has 2 nitrogen and oxygen atoms in total. The summed E-state index contributed by atoms with van der Waals surface area (Å²) in [5.74, 6) is 0.695. The minimum Gasteiger partial charge on any atom is -0.538 e. The Bertz CT molecular complexity index is 1010. The maximum absolute atomic E-state index is 9.11. The molecule has 0 unspecified atom stereocenters. The van der Waals surface area contributed by atoms with Gasteiger partial charge in [-0.1, -0.05) is 78.9 Å². The first-order chi connectivity index (χ1) is 12.4. The summed E-state index contributed by atoms with van der Waals surface area (Å²) in [6.45, 7) is 0. The van der Waals surface area contributed by atoms with Gasteiger partial charge in [-0.25, -0.2) is 0 Å². The lowest BCUT2D eigenvalue weighted by molar-refractivity contribution is 0.457. The van der Waals surface area contributed by atoms with Gasteiger partial charge in [-0.3, -0.25) is 0 Å². The predicted molar refractivity (Wildman–Crippen MR) is 105 cm³/mol. The van der Waals surface area contributed by atoms with Gasteiger partial charge in [0.1, 0.15) is 5.75 Å². The van der Waals surface area contributed by atoms with E-state index in [2.05, 4.69) is 60.7 Å². The van der Waals surface area contributed by atoms with Gasteiger partial charge in [0.15, 0.2) is 0 Å². The van der Waals surface area contributed by atoms with E-state index in [1.807, 2.05) is 30.3 Å². The van der Waals surface area contributed by atoms with Crippen molar-refractivity contribution in [3.63, 3.8) is 0 Å². The molecule has 0 heterocycles. The fourth-order valence-electron chi connectivity index (χ4n) is 3.22. The molecule has 120 valence electrons. The molecule has 0 aliphatic carbocycles. The molecule has 0 saturated carbocycles. The third-order valence-electron chi connectivity index (χ3n) is 4.38. The first-order valence-electron chi connectivity index (χ1n) is 8.28. The number of rotatable bonds is 4. The van der Waals surface area contributed by atoms with Crippen molar-refractivity contribution in [1.29, 1.82) is 0 Å². The highest BCUT2D eigenvalue weighted by atomic mass is 16.5. The van der Waals surface area contributed by atoms with Crippen molar-refractivity contribution >= 4 is 18.5 Å². The van der Waals surface area contributed by atoms with Gasteiger partial charge in [0.2, 0.25) is 0 Å². The van der Waals surface area contributed by atoms with E-state index in [1.54, 1.807) is 0 Å². The van der Waals surface area contributed by atoms with Crippen LogP contribution >= 0.6 is 0 Å². The maximum Gasteiger partial charge on any atom is 0.504 e. The molecule has 0 radical (unpaired) electrons. The van der Waals surface area contributed by atoms with Crippen LogP contribution in [0.2, 0.25) is 0 Å². The van der Waals surface area contributed by atoms with Gasteiger partial charge in [0, 0.05) is 5.39 Å². The van der Waals surface area contributed by atoms with Crippen LogP contribution in [0.15, 0.2) is 91.0 Å². The van der Waals surface area contributed by atoms with Crippen molar-refractivity contribution in [3.05, 3.63) is 91.0 Å². The Balaban J connectivity index is 1.87. The normalized spacial score (nSPS) is 10.6. The van der Waals surface area contributed by atoms with E-state index in [0.717, 1.165) is 21.9 Å². The van der Waals surface area contributed by atoms with Crippen molar-refractivity contribution < 1.29 is 9.68 Å². The predicted octanol–water partition coefficient (Wildman–Crippen LogP) is 4.81. The summed E-state index contributed by atoms with van der Waals surface area (Å²) in [7, 11) is -0.327. The van der Waals surface area contributed by atoms with Gasteiger partial charge in [-0.15, -0.1) is 0 Å². The summed E-state index contributed by atoms with van der Waals surface area (Å²) in [6.07, 6.45) is 0. The zero-order valence-corrected chi connectivity index (χ0v) is 13.7. The van der Waals surface area contributed by atoms with Crippen LogP contribution in [0.1, 0.15) is 0 Å². The Morgan fingerprint density at radius 3 is 2.08 bits per heavy atom. The molecule has 3 heteroatoms. The Morgan fingerprint density at radius 1 is 0.600 bits per heavy atom. The van der Waals surface area contributed by atoms with Gasteiger partial charge < -0.3 is 9.68 Å². The first kappa shape index (κ1) is 15.5. The zero-order chi connectivity index (χ0) is 17.1. The highest BCUT2D eigenvalue weighted by Gasteiger charge is 2.09. The van der Waals surface area contributed by atoms with Crippen molar-refractivity contribution in [3.8, 4) is 28.0 Å². The fraction of sp³-hybridized carbons (Fsp3) is 0. The van der Waals surface area contributed by atoms with Gasteiger partial charge in [-0.05, 0) is 39.8 Å². The molecule has 0 aliphatic heterocycles. The van der Waals surface area contributed by atoms with Crippen LogP contribution in [-0.4, -0.2) is 12.7 Å². The summed E-state index contributed by atoms with van der Waals surface area (Å²) in [5.41, 5.74) is 4.71. The van der Waals surface area contributed by atoms with Crippen LogP contribution in [0.3, 0.4) is 0 Å². The van der Waals surface area contributed by atoms with Crippen LogP contribution in [0.5, 0.6) is 5.75 Å². The molecule has 4 aromatic carbocycles. The number of hydrogen-bond donors (Lipinski definition) is 1. The van der Waals surface area contributed by atoms with E-state index in [9.17, 15) is 0 Å². The largest absolute Gasteiger partial charge is 0.538 e. The van der Waals surface area contributed by atoms with E-state index in [1.165, 1.54) is 11.1 Å². The zero-order valence-electron chi connectivity index (χ0n) is 13.7. The average Bonchev–Trinajstić information content (AvgIpc) is 2.69. The molecular formula is C22H17BO2. The molecule has 0 saturated heterocycles. The van der Waals surface area contributed by atoms with E-state index in [4.69, 9.17) is 9.68 Å². The van der Waals surface area contributed by atoms with Gasteiger partial charge in [0.05, 0.1) is 0 Å². The van der Waals surface area contributed by atoms with Crippen molar-refractivity contribution in [1.82, 2.24) is 0 Å². The summed E-state index contributed by atoms with van der Waals surface area (Å²) in [5, 5.41) is 11.2. The third kappa shape index (κ3) is 3.02. The van der Waals surface area contributed by atoms with Crippen LogP contribution in [0.25, 0.3) is 33.0 Å². The molecule has 0 aliphatic rings. The van der Waals surface area contributed by atoms with E-state index >= 15 is 0 Å². The first-order valence-corrected chi connectivity index (χ1v) is 8.28. The average molecular weight is 324 g/mol. The summed E-state index contributed by atoms with van der Waals surface area (Å²) >= 11 is 0. The molecule has 0 fully saturated rings. The molecule has 0 aromatic heterocycles. The molecule has 0 amide bonds. The smallest absolute Gasteiger partial charge is 0.504 e. The van der Waals surface area contributed by atoms with Crippen molar-refractivity contribution in [2.24, 2.45) is 0 Å². The quantitative estimate of drug-likeness (QED) is 0.546. The molecular weight excluding hydrogens is 307 g/mol. The SMILES string of the molecule is OBOc1ccc(-c2cccc(-c3ccccc3)c2)c2ccccc12. The lowest BCUT2D eigenvalue weighted by Crippen LogP contribution is -2.00. The lowest BCUT2D eigenvalue weighted by atomic mass is 9.95. The van der Waals surface area contributed by atoms with Crippen molar-refractivity contribution in [2.45, 2.75) is 0 Å². The third-order valence-corrected chi connectivity index (χ3v) is 4.38. The number of hydrogen-bond acceptors (Lipinski definition) is 2. The Hall–Kier alpha value is -3.04. The van der Waals surface area contributed by atoms with Gasteiger partial charge >= 0.3 is 7.69 Å². The Kier molecular flexibility index (Phi) is 4.24. The Labute approximate surface area is 147 Å². The second-order valence-corrected chi connectivity index (χ2v) is 5.88. The molecule has 0 atom stereocenters. The standard InChI is InChI=1S/C22H17BO2/c24-23-25-22-14-13-19(20-11-4-5-12-21(20)22)18-10-6-9-17(15-18)16-7-2-1-3-8-16/h1-15,23-24H. The molecule has 1 N–H and O–H groups in total. The van der Waals surface area contributed by atoms with E-state index < -0.39 is 0 Å². The summed E-state index contributed by atoms with van der Waals surface area (Å²) in [4.78, 5) is 0. The summed E-state index contributed by atoms with van der Waals surface area (Å²) in [6, 6.07) is 31.0. The fourth-order valence-corrected chi connectivity index (χ4v) is 3.22. The van der Waals surface area contributed by atoms with Crippen LogP contribution in [0, 0.1) is 0 Å². The van der Waals surface area contributed by atoms with Gasteiger partial charge in [0.25, 0.3) is 0 Å². The maximum atomic E-state index is 9.11. The molecule has 0 bridgehead atoms.